The highest BCUT2D eigenvalue weighted by atomic mass is 16.6. The van der Waals surface area contributed by atoms with Crippen LogP contribution in [0.1, 0.15) is 53.9 Å². The molecule has 0 aromatic heterocycles. The number of ether oxygens (including phenoxy) is 1. The summed E-state index contributed by atoms with van der Waals surface area (Å²) >= 11 is 0. The molecule has 1 unspecified atom stereocenters. The van der Waals surface area contributed by atoms with E-state index in [-0.39, 0.29) is 23.7 Å². The quantitative estimate of drug-likeness (QED) is 0.594. The summed E-state index contributed by atoms with van der Waals surface area (Å²) in [6.45, 7) is 9.56. The van der Waals surface area contributed by atoms with E-state index >= 15 is 0 Å². The van der Waals surface area contributed by atoms with Crippen LogP contribution in [-0.2, 0) is 19.1 Å². The molecule has 0 aromatic rings. The predicted molar refractivity (Wildman–Crippen MR) is 103 cm³/mol. The summed E-state index contributed by atoms with van der Waals surface area (Å²) in [5.74, 6) is -1.70. The molecule has 0 bridgehead atoms. The number of hydrogen-bond acceptors (Lipinski definition) is 5. The monoisotopic (exact) mass is 399 g/mol. The number of nitrogens with zero attached hydrogens (tertiary/aromatic N) is 1. The van der Waals surface area contributed by atoms with Crippen molar-refractivity contribution in [1.29, 1.82) is 0 Å². The molecule has 28 heavy (non-hydrogen) atoms. The minimum Gasteiger partial charge on any atom is -0.480 e. The molecule has 0 spiro atoms. The van der Waals surface area contributed by atoms with E-state index in [0.29, 0.717) is 32.4 Å². The SMILES string of the molecule is CC(C)CC(NC(=O)OC(C)(C)C)C(=O)N1CCC(C(=O)NCC(=O)O)CC1. The standard InChI is InChI=1S/C19H33N3O6/c1-12(2)10-14(21-18(27)28-19(3,4)5)17(26)22-8-6-13(7-9-22)16(25)20-11-15(23)24/h12-14H,6-11H2,1-5H3,(H,20,25)(H,21,27)(H,23,24). The Labute approximate surface area is 166 Å². The van der Waals surface area contributed by atoms with Gasteiger partial charge in [0.15, 0.2) is 0 Å². The molecule has 1 aliphatic heterocycles. The van der Waals surface area contributed by atoms with Gasteiger partial charge in [0.1, 0.15) is 18.2 Å². The van der Waals surface area contributed by atoms with Gasteiger partial charge in [0.2, 0.25) is 11.8 Å². The Morgan fingerprint density at radius 2 is 1.71 bits per heavy atom. The van der Waals surface area contributed by atoms with E-state index in [2.05, 4.69) is 10.6 Å². The lowest BCUT2D eigenvalue weighted by Gasteiger charge is -2.34. The van der Waals surface area contributed by atoms with Gasteiger partial charge in [0.05, 0.1) is 0 Å². The smallest absolute Gasteiger partial charge is 0.408 e. The number of hydrogen-bond donors (Lipinski definition) is 3. The Hall–Kier alpha value is -2.32. The minimum atomic E-state index is -1.09. The third-order valence-electron chi connectivity index (χ3n) is 4.29. The fraction of sp³-hybridized carbons (Fsp3) is 0.789. The maximum atomic E-state index is 12.9. The first kappa shape index (κ1) is 23.7. The van der Waals surface area contributed by atoms with Gasteiger partial charge >= 0.3 is 12.1 Å². The van der Waals surface area contributed by atoms with Gasteiger partial charge in [-0.25, -0.2) is 4.79 Å². The third kappa shape index (κ3) is 8.58. The molecule has 3 N–H and O–H groups in total. The van der Waals surface area contributed by atoms with Gasteiger partial charge in [0.25, 0.3) is 0 Å². The van der Waals surface area contributed by atoms with Crippen LogP contribution in [-0.4, -0.2) is 65.2 Å². The number of alkyl carbamates (subject to hydrolysis) is 1. The Morgan fingerprint density at radius 1 is 1.14 bits per heavy atom. The lowest BCUT2D eigenvalue weighted by Crippen LogP contribution is -2.52. The van der Waals surface area contributed by atoms with E-state index in [0.717, 1.165) is 0 Å². The molecule has 0 aliphatic carbocycles. The molecule has 1 heterocycles. The summed E-state index contributed by atoms with van der Waals surface area (Å²) in [5, 5.41) is 13.7. The Kier molecular flexibility index (Phi) is 8.71. The summed E-state index contributed by atoms with van der Waals surface area (Å²) in [7, 11) is 0. The van der Waals surface area contributed by atoms with Gasteiger partial charge in [-0.2, -0.15) is 0 Å². The summed E-state index contributed by atoms with van der Waals surface area (Å²) < 4.78 is 5.26. The first-order chi connectivity index (χ1) is 12.9. The molecule has 0 radical (unpaired) electrons. The number of carbonyl (C=O) groups excluding carboxylic acids is 3. The Balaban J connectivity index is 2.64. The average Bonchev–Trinajstić information content (AvgIpc) is 2.56. The number of aliphatic carboxylic acids is 1. The highest BCUT2D eigenvalue weighted by Gasteiger charge is 2.32. The maximum absolute atomic E-state index is 12.9. The van der Waals surface area contributed by atoms with Crippen molar-refractivity contribution in [1.82, 2.24) is 15.5 Å². The van der Waals surface area contributed by atoms with Crippen molar-refractivity contribution in [3.8, 4) is 0 Å². The molecule has 1 saturated heterocycles. The molecule has 1 atom stereocenters. The van der Waals surface area contributed by atoms with Crippen molar-refractivity contribution in [2.24, 2.45) is 11.8 Å². The molecule has 1 fully saturated rings. The van der Waals surface area contributed by atoms with Gasteiger partial charge in [-0.3, -0.25) is 14.4 Å². The number of carboxylic acid groups (broad SMARTS) is 1. The van der Waals surface area contributed by atoms with E-state index in [9.17, 15) is 19.2 Å². The van der Waals surface area contributed by atoms with Crippen molar-refractivity contribution in [3.05, 3.63) is 0 Å². The van der Waals surface area contributed by atoms with E-state index in [1.54, 1.807) is 25.7 Å². The van der Waals surface area contributed by atoms with Crippen molar-refractivity contribution in [3.63, 3.8) is 0 Å². The molecular formula is C19H33N3O6. The second-order valence-electron chi connectivity index (χ2n) is 8.54. The van der Waals surface area contributed by atoms with Crippen LogP contribution in [0.15, 0.2) is 0 Å². The number of likely N-dealkylation sites (tertiary alicyclic amines) is 1. The van der Waals surface area contributed by atoms with E-state index in [1.807, 2.05) is 13.8 Å². The van der Waals surface area contributed by atoms with Crippen LogP contribution in [0.2, 0.25) is 0 Å². The van der Waals surface area contributed by atoms with Crippen LogP contribution in [0.3, 0.4) is 0 Å². The predicted octanol–water partition coefficient (Wildman–Crippen LogP) is 1.37. The topological polar surface area (TPSA) is 125 Å². The zero-order valence-corrected chi connectivity index (χ0v) is 17.4. The van der Waals surface area contributed by atoms with Crippen LogP contribution < -0.4 is 10.6 Å². The second kappa shape index (κ2) is 10.3. The minimum absolute atomic E-state index is 0.191. The number of amides is 3. The van der Waals surface area contributed by atoms with Gasteiger partial charge in [-0.05, 0) is 46.0 Å². The first-order valence-electron chi connectivity index (χ1n) is 9.67. The van der Waals surface area contributed by atoms with Crippen molar-refractivity contribution in [2.45, 2.75) is 65.5 Å². The number of carbonyl (C=O) groups is 4. The molecule has 9 heteroatoms. The molecule has 1 rings (SSSR count). The zero-order valence-electron chi connectivity index (χ0n) is 17.4. The van der Waals surface area contributed by atoms with E-state index in [1.165, 1.54) is 0 Å². The third-order valence-corrected chi connectivity index (χ3v) is 4.29. The van der Waals surface area contributed by atoms with Crippen LogP contribution in [0.5, 0.6) is 0 Å². The van der Waals surface area contributed by atoms with Crippen LogP contribution in [0.4, 0.5) is 4.79 Å². The normalized spacial score (nSPS) is 16.4. The second-order valence-corrected chi connectivity index (χ2v) is 8.54. The highest BCUT2D eigenvalue weighted by molar-refractivity contribution is 5.86. The van der Waals surface area contributed by atoms with Crippen molar-refractivity contribution in [2.75, 3.05) is 19.6 Å². The Morgan fingerprint density at radius 3 is 2.18 bits per heavy atom. The van der Waals surface area contributed by atoms with Crippen LogP contribution in [0.25, 0.3) is 0 Å². The van der Waals surface area contributed by atoms with E-state index < -0.39 is 30.3 Å². The molecule has 160 valence electrons. The number of piperidine rings is 1. The molecule has 0 aromatic carbocycles. The van der Waals surface area contributed by atoms with E-state index in [4.69, 9.17) is 9.84 Å². The van der Waals surface area contributed by atoms with Crippen molar-refractivity contribution >= 4 is 23.9 Å². The summed E-state index contributed by atoms with van der Waals surface area (Å²) in [4.78, 5) is 49.2. The summed E-state index contributed by atoms with van der Waals surface area (Å²) in [6.07, 6.45) is 0.766. The highest BCUT2D eigenvalue weighted by Crippen LogP contribution is 2.19. The zero-order chi connectivity index (χ0) is 21.5. The molecular weight excluding hydrogens is 366 g/mol. The maximum Gasteiger partial charge on any atom is 0.408 e. The van der Waals surface area contributed by atoms with Gasteiger partial charge in [-0.1, -0.05) is 13.8 Å². The number of nitrogens with one attached hydrogen (secondary N) is 2. The molecule has 0 saturated carbocycles. The van der Waals surface area contributed by atoms with Crippen LogP contribution in [0, 0.1) is 11.8 Å². The fourth-order valence-electron chi connectivity index (χ4n) is 3.03. The molecule has 9 nitrogen and oxygen atoms in total. The fourth-order valence-corrected chi connectivity index (χ4v) is 3.03. The average molecular weight is 399 g/mol. The first-order valence-corrected chi connectivity index (χ1v) is 9.67. The van der Waals surface area contributed by atoms with Crippen LogP contribution >= 0.6 is 0 Å². The number of carboxylic acids is 1. The van der Waals surface area contributed by atoms with Gasteiger partial charge in [-0.15, -0.1) is 0 Å². The van der Waals surface area contributed by atoms with Gasteiger partial charge < -0.3 is 25.4 Å². The molecule has 3 amide bonds. The number of rotatable bonds is 7. The largest absolute Gasteiger partial charge is 0.480 e. The lowest BCUT2D eigenvalue weighted by molar-refractivity contribution is -0.139. The lowest BCUT2D eigenvalue weighted by atomic mass is 9.94. The van der Waals surface area contributed by atoms with Gasteiger partial charge in [0, 0.05) is 19.0 Å². The Bertz CT molecular complexity index is 577. The van der Waals surface area contributed by atoms with Crippen molar-refractivity contribution < 1.29 is 29.0 Å². The summed E-state index contributed by atoms with van der Waals surface area (Å²) in [5.41, 5.74) is -0.656. The molecule has 1 aliphatic rings. The summed E-state index contributed by atoms with van der Waals surface area (Å²) in [6, 6.07) is -0.688.